The number of carbonyl (C=O) groups is 2. The van der Waals surface area contributed by atoms with Crippen LogP contribution in [0.25, 0.3) is 10.9 Å². The number of carbonyl (C=O) groups excluding carboxylic acids is 2. The number of hydrazine groups is 1. The maximum Gasteiger partial charge on any atom is 0.276 e. The van der Waals surface area contributed by atoms with Gasteiger partial charge in [0.15, 0.2) is 11.4 Å². The summed E-state index contributed by atoms with van der Waals surface area (Å²) in [6, 6.07) is 11.8. The van der Waals surface area contributed by atoms with Crippen LogP contribution < -0.4 is 21.1 Å². The molecule has 3 aromatic rings. The van der Waals surface area contributed by atoms with Crippen molar-refractivity contribution in [1.29, 1.82) is 0 Å². The quantitative estimate of drug-likeness (QED) is 0.459. The summed E-state index contributed by atoms with van der Waals surface area (Å²) in [5.74, 6) is -0.484. The minimum Gasteiger partial charge on any atom is -0.484 e. The van der Waals surface area contributed by atoms with E-state index in [0.717, 1.165) is 5.56 Å². The monoisotopic (exact) mass is 398 g/mol. The first-order valence-corrected chi connectivity index (χ1v) is 8.77. The fraction of sp³-hybridized carbons (Fsp3) is 0.158. The molecule has 0 spiro atoms. The predicted octanol–water partition coefficient (Wildman–Crippen LogP) is 1.74. The van der Waals surface area contributed by atoms with Crippen LogP contribution in [0.3, 0.4) is 0 Å². The Kier molecular flexibility index (Phi) is 5.55. The van der Waals surface area contributed by atoms with E-state index in [1.54, 1.807) is 19.2 Å². The van der Waals surface area contributed by atoms with Crippen molar-refractivity contribution in [2.45, 2.75) is 6.92 Å². The van der Waals surface area contributed by atoms with Gasteiger partial charge < -0.3 is 9.72 Å². The number of rotatable bonds is 4. The van der Waals surface area contributed by atoms with Crippen LogP contribution >= 0.6 is 12.2 Å². The Morgan fingerprint density at radius 3 is 2.71 bits per heavy atom. The van der Waals surface area contributed by atoms with Crippen molar-refractivity contribution >= 4 is 34.9 Å². The standard InChI is InChI=1S/C19H18N4O4S/c1-11-4-3-5-13(8-11)27-10-16(24)21-22-17(25)12-6-7-14-15(9-12)20-19(28)23(2)18(14)26/h3-9H,10H2,1-2H3,(H,20,28)(H,21,24)(H,22,25). The molecule has 3 N–H and O–H groups in total. The largest absolute Gasteiger partial charge is 0.484 e. The van der Waals surface area contributed by atoms with Crippen molar-refractivity contribution in [3.8, 4) is 5.75 Å². The summed E-state index contributed by atoms with van der Waals surface area (Å²) >= 11 is 5.08. The van der Waals surface area contributed by atoms with Gasteiger partial charge in [0.05, 0.1) is 10.9 Å². The number of benzene rings is 2. The number of aryl methyl sites for hydroxylation is 1. The van der Waals surface area contributed by atoms with Gasteiger partial charge in [0.25, 0.3) is 17.4 Å². The first kappa shape index (κ1) is 19.3. The van der Waals surface area contributed by atoms with E-state index < -0.39 is 11.8 Å². The van der Waals surface area contributed by atoms with Gasteiger partial charge >= 0.3 is 0 Å². The van der Waals surface area contributed by atoms with E-state index >= 15 is 0 Å². The van der Waals surface area contributed by atoms with Gasteiger partial charge in [0.1, 0.15) is 5.75 Å². The fourth-order valence-corrected chi connectivity index (χ4v) is 2.73. The smallest absolute Gasteiger partial charge is 0.276 e. The van der Waals surface area contributed by atoms with Gasteiger partial charge in [-0.3, -0.25) is 29.8 Å². The highest BCUT2D eigenvalue weighted by atomic mass is 32.1. The number of aromatic amines is 1. The molecule has 8 nitrogen and oxygen atoms in total. The second-order valence-corrected chi connectivity index (χ2v) is 6.55. The molecule has 0 aliphatic rings. The number of ether oxygens (including phenoxy) is 1. The molecule has 0 unspecified atom stereocenters. The molecule has 0 aliphatic carbocycles. The Morgan fingerprint density at radius 2 is 1.96 bits per heavy atom. The van der Waals surface area contributed by atoms with Gasteiger partial charge in [0.2, 0.25) is 0 Å². The molecule has 28 heavy (non-hydrogen) atoms. The molecular weight excluding hydrogens is 380 g/mol. The van der Waals surface area contributed by atoms with Gasteiger partial charge in [-0.25, -0.2) is 0 Å². The summed E-state index contributed by atoms with van der Waals surface area (Å²) in [6.45, 7) is 1.67. The number of amides is 2. The summed E-state index contributed by atoms with van der Waals surface area (Å²) in [5.41, 5.74) is 6.04. The molecule has 1 aromatic heterocycles. The Bertz CT molecular complexity index is 1180. The fourth-order valence-electron chi connectivity index (χ4n) is 2.54. The number of aromatic nitrogens is 2. The van der Waals surface area contributed by atoms with Crippen LogP contribution in [0.2, 0.25) is 0 Å². The second-order valence-electron chi connectivity index (χ2n) is 6.16. The Balaban J connectivity index is 1.63. The Labute approximate surface area is 165 Å². The molecular formula is C19H18N4O4S. The maximum absolute atomic E-state index is 12.3. The lowest BCUT2D eigenvalue weighted by atomic mass is 10.1. The lowest BCUT2D eigenvalue weighted by molar-refractivity contribution is -0.123. The Morgan fingerprint density at radius 1 is 1.18 bits per heavy atom. The minimum absolute atomic E-state index is 0.245. The van der Waals surface area contributed by atoms with E-state index in [2.05, 4.69) is 15.8 Å². The molecule has 0 saturated carbocycles. The van der Waals surface area contributed by atoms with E-state index in [1.807, 2.05) is 19.1 Å². The van der Waals surface area contributed by atoms with Crippen molar-refractivity contribution in [2.75, 3.05) is 6.61 Å². The minimum atomic E-state index is -0.536. The van der Waals surface area contributed by atoms with Crippen molar-refractivity contribution < 1.29 is 14.3 Å². The highest BCUT2D eigenvalue weighted by Gasteiger charge is 2.11. The number of fused-ring (bicyclic) bond motifs is 1. The highest BCUT2D eigenvalue weighted by molar-refractivity contribution is 7.71. The lowest BCUT2D eigenvalue weighted by Gasteiger charge is -2.10. The molecule has 2 amide bonds. The summed E-state index contributed by atoms with van der Waals surface area (Å²) < 4.78 is 6.92. The van der Waals surface area contributed by atoms with E-state index in [9.17, 15) is 14.4 Å². The van der Waals surface area contributed by atoms with Crippen LogP contribution in [0.5, 0.6) is 5.75 Å². The molecule has 1 heterocycles. The van der Waals surface area contributed by atoms with Crippen molar-refractivity contribution in [2.24, 2.45) is 7.05 Å². The second kappa shape index (κ2) is 8.05. The van der Waals surface area contributed by atoms with Crippen LogP contribution in [-0.4, -0.2) is 28.0 Å². The van der Waals surface area contributed by atoms with Gasteiger partial charge in [-0.05, 0) is 55.0 Å². The number of nitrogens with zero attached hydrogens (tertiary/aromatic N) is 1. The molecule has 0 bridgehead atoms. The molecule has 0 atom stereocenters. The van der Waals surface area contributed by atoms with Crippen LogP contribution in [0.4, 0.5) is 0 Å². The summed E-state index contributed by atoms with van der Waals surface area (Å²) in [7, 11) is 1.57. The number of H-pyrrole nitrogens is 1. The lowest BCUT2D eigenvalue weighted by Crippen LogP contribution is -2.43. The van der Waals surface area contributed by atoms with Crippen LogP contribution in [0.15, 0.2) is 47.3 Å². The van der Waals surface area contributed by atoms with Gasteiger partial charge in [-0.1, -0.05) is 12.1 Å². The molecule has 2 aromatic carbocycles. The predicted molar refractivity (Wildman–Crippen MR) is 107 cm³/mol. The van der Waals surface area contributed by atoms with Crippen LogP contribution in [0, 0.1) is 11.7 Å². The normalized spacial score (nSPS) is 10.5. The molecule has 0 aliphatic heterocycles. The van der Waals surface area contributed by atoms with E-state index in [0.29, 0.717) is 16.7 Å². The van der Waals surface area contributed by atoms with E-state index in [4.69, 9.17) is 17.0 Å². The SMILES string of the molecule is Cc1cccc(OCC(=O)NNC(=O)c2ccc3c(=O)n(C)c(=S)[nH]c3c2)c1. The number of nitrogens with one attached hydrogen (secondary N) is 3. The molecule has 0 fully saturated rings. The molecule has 9 heteroatoms. The van der Waals surface area contributed by atoms with E-state index in [-0.39, 0.29) is 22.5 Å². The zero-order valence-corrected chi connectivity index (χ0v) is 16.1. The van der Waals surface area contributed by atoms with Crippen LogP contribution in [-0.2, 0) is 11.8 Å². The first-order valence-electron chi connectivity index (χ1n) is 8.37. The molecule has 0 saturated heterocycles. The first-order chi connectivity index (χ1) is 13.3. The molecule has 144 valence electrons. The summed E-state index contributed by atoms with van der Waals surface area (Å²) in [5, 5.41) is 0.406. The van der Waals surface area contributed by atoms with Crippen molar-refractivity contribution in [3.63, 3.8) is 0 Å². The van der Waals surface area contributed by atoms with E-state index in [1.165, 1.54) is 22.8 Å². The average Bonchev–Trinajstić information content (AvgIpc) is 2.68. The summed E-state index contributed by atoms with van der Waals surface area (Å²) in [6.07, 6.45) is 0. The van der Waals surface area contributed by atoms with Crippen molar-refractivity contribution in [1.82, 2.24) is 20.4 Å². The van der Waals surface area contributed by atoms with Gasteiger partial charge in [-0.15, -0.1) is 0 Å². The maximum atomic E-state index is 12.3. The summed E-state index contributed by atoms with van der Waals surface area (Å²) in [4.78, 5) is 39.2. The van der Waals surface area contributed by atoms with Gasteiger partial charge in [-0.2, -0.15) is 0 Å². The Hall–Kier alpha value is -3.46. The average molecular weight is 398 g/mol. The van der Waals surface area contributed by atoms with Gasteiger partial charge in [0, 0.05) is 12.6 Å². The third-order valence-electron chi connectivity index (χ3n) is 4.04. The van der Waals surface area contributed by atoms with Crippen LogP contribution in [0.1, 0.15) is 15.9 Å². The molecule has 0 radical (unpaired) electrons. The number of hydrogen-bond donors (Lipinski definition) is 3. The molecule has 3 rings (SSSR count). The number of hydrogen-bond acceptors (Lipinski definition) is 5. The zero-order chi connectivity index (χ0) is 20.3. The topological polar surface area (TPSA) is 105 Å². The third kappa shape index (κ3) is 4.26. The van der Waals surface area contributed by atoms with Crippen molar-refractivity contribution in [3.05, 3.63) is 68.7 Å². The third-order valence-corrected chi connectivity index (χ3v) is 4.41. The zero-order valence-electron chi connectivity index (χ0n) is 15.2. The highest BCUT2D eigenvalue weighted by Crippen LogP contribution is 2.12.